The predicted octanol–water partition coefficient (Wildman–Crippen LogP) is 3.49. The molecule has 0 aliphatic rings. The van der Waals surface area contributed by atoms with Gasteiger partial charge in [0.05, 0.1) is 17.5 Å². The highest BCUT2D eigenvalue weighted by molar-refractivity contribution is 5.86. The van der Waals surface area contributed by atoms with E-state index >= 15 is 0 Å². The van der Waals surface area contributed by atoms with Crippen LogP contribution in [-0.4, -0.2) is 27.1 Å². The van der Waals surface area contributed by atoms with Crippen LogP contribution in [0, 0.1) is 6.92 Å². The molecule has 0 spiro atoms. The van der Waals surface area contributed by atoms with Crippen molar-refractivity contribution < 1.29 is 5.11 Å². The number of aryl methyl sites for hydroxylation is 1. The first-order valence-electron chi connectivity index (χ1n) is 7.71. The summed E-state index contributed by atoms with van der Waals surface area (Å²) in [7, 11) is 1.84. The van der Waals surface area contributed by atoms with Crippen molar-refractivity contribution in [1.82, 2.24) is 15.0 Å². The van der Waals surface area contributed by atoms with Crippen LogP contribution in [0.3, 0.4) is 0 Å². The normalized spacial score (nSPS) is 12.3. The molecule has 0 aromatic carbocycles. The van der Waals surface area contributed by atoms with Crippen molar-refractivity contribution in [2.45, 2.75) is 26.4 Å². The molecule has 5 heteroatoms. The Hall–Kier alpha value is -2.53. The van der Waals surface area contributed by atoms with Crippen LogP contribution in [0.2, 0.25) is 0 Å². The van der Waals surface area contributed by atoms with Crippen LogP contribution in [-0.2, 0) is 0 Å². The van der Waals surface area contributed by atoms with E-state index < -0.39 is 6.10 Å². The number of nitrogens with one attached hydrogen (secondary N) is 1. The molecule has 23 heavy (non-hydrogen) atoms. The standard InChI is InChI=1S/C18H20N4O/c1-4-17(23)16-5-11(2)14(10-21-16)15-6-12-9-22-18(19-3)7-13(12)8-20-15/h5-10,17,23H,4H2,1-3H3,(H,19,22). The third kappa shape index (κ3) is 3.00. The summed E-state index contributed by atoms with van der Waals surface area (Å²) in [6.07, 6.45) is 5.61. The Morgan fingerprint density at radius 2 is 1.78 bits per heavy atom. The van der Waals surface area contributed by atoms with Gasteiger partial charge in [-0.25, -0.2) is 4.98 Å². The number of aliphatic hydroxyl groups excluding tert-OH is 1. The van der Waals surface area contributed by atoms with Gasteiger partial charge in [0.2, 0.25) is 0 Å². The van der Waals surface area contributed by atoms with Gasteiger partial charge in [0.15, 0.2) is 0 Å². The molecule has 3 aromatic rings. The lowest BCUT2D eigenvalue weighted by atomic mass is 10.0. The number of anilines is 1. The molecule has 2 N–H and O–H groups in total. The summed E-state index contributed by atoms with van der Waals surface area (Å²) in [5.41, 5.74) is 3.58. The van der Waals surface area contributed by atoms with Crippen LogP contribution >= 0.6 is 0 Å². The maximum absolute atomic E-state index is 9.91. The lowest BCUT2D eigenvalue weighted by molar-refractivity contribution is 0.169. The van der Waals surface area contributed by atoms with Crippen LogP contribution < -0.4 is 5.32 Å². The van der Waals surface area contributed by atoms with E-state index in [4.69, 9.17) is 0 Å². The molecule has 0 amide bonds. The number of aliphatic hydroxyl groups is 1. The largest absolute Gasteiger partial charge is 0.387 e. The maximum Gasteiger partial charge on any atom is 0.126 e. The quantitative estimate of drug-likeness (QED) is 0.772. The van der Waals surface area contributed by atoms with Crippen LogP contribution in [0.25, 0.3) is 22.0 Å². The minimum absolute atomic E-state index is 0.517. The fourth-order valence-electron chi connectivity index (χ4n) is 2.56. The second-order valence-electron chi connectivity index (χ2n) is 5.58. The summed E-state index contributed by atoms with van der Waals surface area (Å²) in [6.45, 7) is 3.95. The van der Waals surface area contributed by atoms with E-state index in [0.717, 1.165) is 33.4 Å². The van der Waals surface area contributed by atoms with Crippen molar-refractivity contribution in [3.8, 4) is 11.3 Å². The van der Waals surface area contributed by atoms with Crippen LogP contribution in [0.4, 0.5) is 5.82 Å². The minimum atomic E-state index is -0.517. The van der Waals surface area contributed by atoms with Gasteiger partial charge in [-0.1, -0.05) is 6.92 Å². The average molecular weight is 308 g/mol. The third-order valence-corrected chi connectivity index (χ3v) is 4.00. The number of hydrogen-bond donors (Lipinski definition) is 2. The minimum Gasteiger partial charge on any atom is -0.387 e. The Morgan fingerprint density at radius 3 is 2.48 bits per heavy atom. The molecule has 0 radical (unpaired) electrons. The van der Waals surface area contributed by atoms with Gasteiger partial charge in [0.25, 0.3) is 0 Å². The predicted molar refractivity (Wildman–Crippen MR) is 92.3 cm³/mol. The van der Waals surface area contributed by atoms with Gasteiger partial charge in [0, 0.05) is 42.0 Å². The summed E-state index contributed by atoms with van der Waals surface area (Å²) in [5.74, 6) is 0.822. The van der Waals surface area contributed by atoms with E-state index in [-0.39, 0.29) is 0 Å². The van der Waals surface area contributed by atoms with Crippen LogP contribution in [0.1, 0.15) is 30.7 Å². The summed E-state index contributed by atoms with van der Waals surface area (Å²) in [6, 6.07) is 5.91. The highest BCUT2D eigenvalue weighted by Crippen LogP contribution is 2.26. The smallest absolute Gasteiger partial charge is 0.126 e. The third-order valence-electron chi connectivity index (χ3n) is 4.00. The Labute approximate surface area is 135 Å². The molecular weight excluding hydrogens is 288 g/mol. The molecule has 118 valence electrons. The molecule has 0 aliphatic heterocycles. The summed E-state index contributed by atoms with van der Waals surface area (Å²) in [4.78, 5) is 13.3. The summed E-state index contributed by atoms with van der Waals surface area (Å²) < 4.78 is 0. The van der Waals surface area contributed by atoms with Gasteiger partial charge in [-0.2, -0.15) is 0 Å². The van der Waals surface area contributed by atoms with Gasteiger partial charge >= 0.3 is 0 Å². The first-order valence-corrected chi connectivity index (χ1v) is 7.71. The highest BCUT2D eigenvalue weighted by atomic mass is 16.3. The van der Waals surface area contributed by atoms with E-state index in [1.54, 1.807) is 6.20 Å². The summed E-state index contributed by atoms with van der Waals surface area (Å²) >= 11 is 0. The molecule has 3 aromatic heterocycles. The van der Waals surface area contributed by atoms with Crippen LogP contribution in [0.15, 0.2) is 36.8 Å². The van der Waals surface area contributed by atoms with Crippen molar-refractivity contribution in [3.63, 3.8) is 0 Å². The topological polar surface area (TPSA) is 70.9 Å². The Balaban J connectivity index is 2.03. The zero-order chi connectivity index (χ0) is 16.4. The number of pyridine rings is 3. The van der Waals surface area contributed by atoms with Gasteiger partial charge in [-0.05, 0) is 37.1 Å². The van der Waals surface area contributed by atoms with E-state index in [1.165, 1.54) is 0 Å². The number of rotatable bonds is 4. The molecule has 3 heterocycles. The van der Waals surface area contributed by atoms with E-state index in [9.17, 15) is 5.11 Å². The van der Waals surface area contributed by atoms with Crippen molar-refractivity contribution in [2.75, 3.05) is 12.4 Å². The molecule has 0 aliphatic carbocycles. The molecule has 0 saturated heterocycles. The fraction of sp³-hybridized carbons (Fsp3) is 0.278. The molecule has 3 rings (SSSR count). The Morgan fingerprint density at radius 1 is 1.04 bits per heavy atom. The molecular formula is C18H20N4O. The van der Waals surface area contributed by atoms with E-state index in [0.29, 0.717) is 12.1 Å². The van der Waals surface area contributed by atoms with Gasteiger partial charge in [0.1, 0.15) is 5.82 Å². The first kappa shape index (κ1) is 15.4. The number of aromatic nitrogens is 3. The zero-order valence-corrected chi connectivity index (χ0v) is 13.5. The number of nitrogens with zero attached hydrogens (tertiary/aromatic N) is 3. The van der Waals surface area contributed by atoms with Crippen molar-refractivity contribution in [3.05, 3.63) is 48.0 Å². The van der Waals surface area contributed by atoms with Crippen molar-refractivity contribution >= 4 is 16.6 Å². The molecule has 1 unspecified atom stereocenters. The molecule has 0 saturated carbocycles. The number of fused-ring (bicyclic) bond motifs is 1. The van der Waals surface area contributed by atoms with E-state index in [1.807, 2.05) is 51.5 Å². The zero-order valence-electron chi connectivity index (χ0n) is 13.5. The number of hydrogen-bond acceptors (Lipinski definition) is 5. The van der Waals surface area contributed by atoms with Gasteiger partial charge < -0.3 is 10.4 Å². The second-order valence-corrected chi connectivity index (χ2v) is 5.58. The average Bonchev–Trinajstić information content (AvgIpc) is 2.60. The second kappa shape index (κ2) is 6.30. The molecule has 5 nitrogen and oxygen atoms in total. The SMILES string of the molecule is CCC(O)c1cc(C)c(-c2cc3cnc(NC)cc3cn2)cn1. The highest BCUT2D eigenvalue weighted by Gasteiger charge is 2.11. The van der Waals surface area contributed by atoms with E-state index in [2.05, 4.69) is 20.3 Å². The van der Waals surface area contributed by atoms with Gasteiger partial charge in [-0.3, -0.25) is 9.97 Å². The monoisotopic (exact) mass is 308 g/mol. The lowest BCUT2D eigenvalue weighted by Crippen LogP contribution is -2.00. The Kier molecular flexibility index (Phi) is 4.21. The summed E-state index contributed by atoms with van der Waals surface area (Å²) in [5, 5.41) is 15.0. The molecule has 0 fully saturated rings. The first-order chi connectivity index (χ1) is 11.1. The fourth-order valence-corrected chi connectivity index (χ4v) is 2.56. The molecule has 1 atom stereocenters. The van der Waals surface area contributed by atoms with Crippen molar-refractivity contribution in [2.24, 2.45) is 0 Å². The van der Waals surface area contributed by atoms with Gasteiger partial charge in [-0.15, -0.1) is 0 Å². The lowest BCUT2D eigenvalue weighted by Gasteiger charge is -2.11. The maximum atomic E-state index is 9.91. The van der Waals surface area contributed by atoms with Crippen LogP contribution in [0.5, 0.6) is 0 Å². The Bertz CT molecular complexity index is 848. The van der Waals surface area contributed by atoms with Crippen molar-refractivity contribution in [1.29, 1.82) is 0 Å². The molecule has 0 bridgehead atoms.